The number of likely N-dealkylation sites (tertiary alicyclic amines) is 1. The molecule has 0 saturated carbocycles. The molecular weight excluding hydrogens is 554 g/mol. The maximum Gasteiger partial charge on any atom is 0.246 e. The normalized spacial score (nSPS) is 17.5. The van der Waals surface area contributed by atoms with Gasteiger partial charge in [-0.25, -0.2) is 4.98 Å². The lowest BCUT2D eigenvalue weighted by molar-refractivity contribution is -0.126. The molecule has 0 radical (unpaired) electrons. The summed E-state index contributed by atoms with van der Waals surface area (Å²) in [6, 6.07) is 10.1. The van der Waals surface area contributed by atoms with Gasteiger partial charge in [0.05, 0.1) is 22.8 Å². The second-order valence-electron chi connectivity index (χ2n) is 10.8. The number of anilines is 1. The number of hydrogen-bond acceptors (Lipinski definition) is 8. The first-order valence-electron chi connectivity index (χ1n) is 14.1. The molecule has 0 unspecified atom stereocenters. The van der Waals surface area contributed by atoms with Crippen LogP contribution in [0.3, 0.4) is 0 Å². The number of fused-ring (bicyclic) bond motifs is 2. The van der Waals surface area contributed by atoms with Crippen LogP contribution in [0.2, 0.25) is 5.02 Å². The molecule has 11 heteroatoms. The van der Waals surface area contributed by atoms with Gasteiger partial charge in [0.15, 0.2) is 5.75 Å². The third kappa shape index (κ3) is 4.99. The molecule has 4 heterocycles. The molecule has 0 aliphatic carbocycles. The number of nitrogens with zero attached hydrogens (tertiary/aromatic N) is 6. The number of nitrogens with one attached hydrogen (secondary N) is 1. The highest BCUT2D eigenvalue weighted by Crippen LogP contribution is 2.43. The molecule has 0 spiro atoms. The molecular formula is C31H32ClN7O3. The molecule has 216 valence electrons. The molecule has 6 rings (SSSR count). The van der Waals surface area contributed by atoms with Crippen LogP contribution in [0.4, 0.5) is 5.69 Å². The second kappa shape index (κ2) is 11.5. The zero-order chi connectivity index (χ0) is 29.4. The van der Waals surface area contributed by atoms with Gasteiger partial charge in [-0.15, -0.1) is 0 Å². The van der Waals surface area contributed by atoms with E-state index < -0.39 is 0 Å². The van der Waals surface area contributed by atoms with Crippen molar-refractivity contribution in [2.45, 2.75) is 25.8 Å². The molecule has 2 aliphatic rings. The van der Waals surface area contributed by atoms with Crippen LogP contribution >= 0.6 is 11.6 Å². The first kappa shape index (κ1) is 27.8. The van der Waals surface area contributed by atoms with E-state index in [4.69, 9.17) is 26.1 Å². The smallest absolute Gasteiger partial charge is 0.246 e. The van der Waals surface area contributed by atoms with E-state index in [1.807, 2.05) is 31.2 Å². The van der Waals surface area contributed by atoms with Crippen molar-refractivity contribution < 1.29 is 14.3 Å². The summed E-state index contributed by atoms with van der Waals surface area (Å²) in [5.74, 6) is 1.27. The molecule has 2 saturated heterocycles. The van der Waals surface area contributed by atoms with E-state index in [0.717, 1.165) is 46.9 Å². The van der Waals surface area contributed by atoms with Crippen LogP contribution in [0.1, 0.15) is 24.0 Å². The number of halogens is 1. The van der Waals surface area contributed by atoms with Crippen molar-refractivity contribution in [1.29, 1.82) is 5.26 Å². The third-order valence-electron chi connectivity index (χ3n) is 8.29. The van der Waals surface area contributed by atoms with E-state index in [1.165, 1.54) is 6.08 Å². The number of nitriles is 1. The highest BCUT2D eigenvalue weighted by atomic mass is 35.5. The summed E-state index contributed by atoms with van der Waals surface area (Å²) in [6.45, 7) is 9.09. The first-order valence-corrected chi connectivity index (χ1v) is 14.4. The third-order valence-corrected chi connectivity index (χ3v) is 8.68. The van der Waals surface area contributed by atoms with Gasteiger partial charge in [-0.3, -0.25) is 9.89 Å². The molecule has 0 bridgehead atoms. The minimum absolute atomic E-state index is 0.0995. The molecule has 1 atom stereocenters. The van der Waals surface area contributed by atoms with Crippen molar-refractivity contribution in [2.24, 2.45) is 0 Å². The van der Waals surface area contributed by atoms with Gasteiger partial charge in [-0.2, -0.15) is 10.4 Å². The average Bonchev–Trinajstić information content (AvgIpc) is 3.65. The zero-order valence-electron chi connectivity index (χ0n) is 23.7. The van der Waals surface area contributed by atoms with E-state index in [-0.39, 0.29) is 17.8 Å². The molecule has 42 heavy (non-hydrogen) atoms. The molecule has 2 aromatic heterocycles. The number of aromatic amines is 1. The molecule has 2 aromatic carbocycles. The number of benzene rings is 2. The number of likely N-dealkylation sites (N-methyl/N-ethyl adjacent to an activating group) is 1. The van der Waals surface area contributed by atoms with Crippen LogP contribution in [0.25, 0.3) is 21.8 Å². The van der Waals surface area contributed by atoms with Crippen molar-refractivity contribution in [1.82, 2.24) is 25.0 Å². The highest BCUT2D eigenvalue weighted by Gasteiger charge is 2.29. The number of carbonyl (C=O) groups excluding carboxylic acids is 1. The monoisotopic (exact) mass is 585 g/mol. The Bertz CT molecular complexity index is 1720. The van der Waals surface area contributed by atoms with Crippen molar-refractivity contribution in [3.63, 3.8) is 0 Å². The molecule has 1 N–H and O–H groups in total. The van der Waals surface area contributed by atoms with Gasteiger partial charge in [0, 0.05) is 48.2 Å². The fourth-order valence-electron chi connectivity index (χ4n) is 5.86. The van der Waals surface area contributed by atoms with Crippen molar-refractivity contribution in [3.8, 4) is 23.4 Å². The Hall–Kier alpha value is -4.33. The first-order chi connectivity index (χ1) is 20.4. The van der Waals surface area contributed by atoms with Crippen LogP contribution < -0.4 is 14.4 Å². The lowest BCUT2D eigenvalue weighted by Crippen LogP contribution is -2.48. The SMILES string of the molecule is C=CC(=O)N1CCN(c2c(C#N)c(OC[C@@H]3CCCN3C)nc3c(Oc4c(C)c(Cl)cc5[nH]ncc45)cccc23)CC1. The Labute approximate surface area is 249 Å². The number of piperazine rings is 1. The molecule has 2 aliphatic heterocycles. The number of rotatable bonds is 7. The van der Waals surface area contributed by atoms with Crippen LogP contribution in [-0.4, -0.2) is 83.3 Å². The summed E-state index contributed by atoms with van der Waals surface area (Å²) >= 11 is 6.54. The van der Waals surface area contributed by atoms with Crippen LogP contribution in [0.5, 0.6) is 17.4 Å². The van der Waals surface area contributed by atoms with Gasteiger partial charge in [-0.1, -0.05) is 30.3 Å². The number of H-pyrrole nitrogens is 1. The predicted octanol–water partition coefficient (Wildman–Crippen LogP) is 5.04. The fraction of sp³-hybridized carbons (Fsp3) is 0.355. The Kier molecular flexibility index (Phi) is 7.62. The topological polar surface area (TPSA) is 111 Å². The Morgan fingerprint density at radius 2 is 2.07 bits per heavy atom. The van der Waals surface area contributed by atoms with E-state index >= 15 is 0 Å². The summed E-state index contributed by atoms with van der Waals surface area (Å²) in [5, 5.41) is 19.7. The Morgan fingerprint density at radius 1 is 1.26 bits per heavy atom. The van der Waals surface area contributed by atoms with Crippen molar-refractivity contribution in [2.75, 3.05) is 51.3 Å². The van der Waals surface area contributed by atoms with E-state index in [2.05, 4.69) is 39.7 Å². The number of hydrogen-bond donors (Lipinski definition) is 1. The maximum atomic E-state index is 12.3. The molecule has 10 nitrogen and oxygen atoms in total. The van der Waals surface area contributed by atoms with Gasteiger partial charge in [0.2, 0.25) is 11.8 Å². The van der Waals surface area contributed by atoms with Gasteiger partial charge in [-0.05, 0) is 51.6 Å². The second-order valence-corrected chi connectivity index (χ2v) is 11.2. The van der Waals surface area contributed by atoms with E-state index in [0.29, 0.717) is 60.4 Å². The summed E-state index contributed by atoms with van der Waals surface area (Å²) in [5.41, 5.74) is 3.21. The number of carbonyl (C=O) groups is 1. The van der Waals surface area contributed by atoms with Gasteiger partial charge in [0.25, 0.3) is 0 Å². The quantitative estimate of drug-likeness (QED) is 0.300. The molecule has 1 amide bonds. The van der Waals surface area contributed by atoms with Gasteiger partial charge >= 0.3 is 0 Å². The van der Waals surface area contributed by atoms with Gasteiger partial charge < -0.3 is 24.2 Å². The lowest BCUT2D eigenvalue weighted by Gasteiger charge is -2.36. The van der Waals surface area contributed by atoms with Crippen LogP contribution in [0, 0.1) is 18.3 Å². The van der Waals surface area contributed by atoms with Crippen molar-refractivity contribution >= 4 is 45.0 Å². The van der Waals surface area contributed by atoms with E-state index in [9.17, 15) is 10.1 Å². The number of ether oxygens (including phenoxy) is 2. The number of aromatic nitrogens is 3. The van der Waals surface area contributed by atoms with E-state index in [1.54, 1.807) is 11.1 Å². The lowest BCUT2D eigenvalue weighted by atomic mass is 10.1. The minimum Gasteiger partial charge on any atom is -0.475 e. The van der Waals surface area contributed by atoms with Crippen LogP contribution in [0.15, 0.2) is 43.1 Å². The summed E-state index contributed by atoms with van der Waals surface area (Å²) in [7, 11) is 2.09. The minimum atomic E-state index is -0.0995. The van der Waals surface area contributed by atoms with Crippen molar-refractivity contribution in [3.05, 3.63) is 59.3 Å². The van der Waals surface area contributed by atoms with Gasteiger partial charge in [0.1, 0.15) is 29.5 Å². The standard InChI is InChI=1S/C31H32ClN7O3/c1-4-27(40)38-11-13-39(14-12-38)29-21-8-5-9-26(42-30-19(2)24(32)15-25-23(30)17-34-36-25)28(21)35-31(22(29)16-33)41-18-20-7-6-10-37(20)3/h4-5,8-9,15,17,20H,1,6-7,10-14,18H2,2-3H3,(H,34,36)/t20-/m0/s1. The largest absolute Gasteiger partial charge is 0.475 e. The Balaban J connectivity index is 1.47. The van der Waals surface area contributed by atoms with Crippen LogP contribution in [-0.2, 0) is 4.79 Å². The number of pyridine rings is 1. The maximum absolute atomic E-state index is 12.3. The fourth-order valence-corrected chi connectivity index (χ4v) is 6.05. The molecule has 4 aromatic rings. The summed E-state index contributed by atoms with van der Waals surface area (Å²) < 4.78 is 12.9. The predicted molar refractivity (Wildman–Crippen MR) is 163 cm³/mol. The summed E-state index contributed by atoms with van der Waals surface area (Å²) in [6.07, 6.45) is 5.19. The summed E-state index contributed by atoms with van der Waals surface area (Å²) in [4.78, 5) is 23.3. The molecule has 2 fully saturated rings. The number of amides is 1. The highest BCUT2D eigenvalue weighted by molar-refractivity contribution is 6.32. The number of para-hydroxylation sites is 1. The Morgan fingerprint density at radius 3 is 2.79 bits per heavy atom. The average molecular weight is 586 g/mol. The zero-order valence-corrected chi connectivity index (χ0v) is 24.4.